The highest BCUT2D eigenvalue weighted by Gasteiger charge is 2.33. The van der Waals surface area contributed by atoms with Crippen molar-refractivity contribution < 1.29 is 9.53 Å². The predicted molar refractivity (Wildman–Crippen MR) is 84.1 cm³/mol. The first-order valence-corrected chi connectivity index (χ1v) is 8.48. The Morgan fingerprint density at radius 2 is 2.14 bits per heavy atom. The fourth-order valence-electron chi connectivity index (χ4n) is 3.58. The maximum atomic E-state index is 12.2. The fourth-order valence-corrected chi connectivity index (χ4v) is 3.58. The number of morpholine rings is 1. The Labute approximate surface area is 128 Å². The van der Waals surface area contributed by atoms with Crippen molar-refractivity contribution in [1.29, 1.82) is 0 Å². The third kappa shape index (κ3) is 4.94. The Kier molecular flexibility index (Phi) is 6.45. The average Bonchev–Trinajstić information content (AvgIpc) is 2.54. The molecular formula is C16H31N3O2. The van der Waals surface area contributed by atoms with Gasteiger partial charge < -0.3 is 15.8 Å². The number of likely N-dealkylation sites (N-methyl/N-ethyl adjacent to an activating group) is 1. The number of carbonyl (C=O) groups is 1. The standard InChI is InChI=1S/C16H31N3O2/c1-2-19-8-9-21-14(12-19)11-18-15(20)10-16(13-17)6-4-3-5-7-16/h14H,2-13,17H2,1H3,(H,18,20). The lowest BCUT2D eigenvalue weighted by atomic mass is 9.71. The zero-order chi connectivity index (χ0) is 15.1. The minimum absolute atomic E-state index is 0.0468. The summed E-state index contributed by atoms with van der Waals surface area (Å²) in [5.74, 6) is 0.138. The average molecular weight is 297 g/mol. The van der Waals surface area contributed by atoms with Crippen LogP contribution in [0, 0.1) is 5.41 Å². The molecular weight excluding hydrogens is 266 g/mol. The molecule has 1 aliphatic carbocycles. The van der Waals surface area contributed by atoms with E-state index in [2.05, 4.69) is 17.1 Å². The zero-order valence-corrected chi connectivity index (χ0v) is 13.4. The normalized spacial score (nSPS) is 26.5. The minimum atomic E-state index is 0.0468. The van der Waals surface area contributed by atoms with Crippen LogP contribution in [-0.4, -0.2) is 56.2 Å². The van der Waals surface area contributed by atoms with E-state index in [9.17, 15) is 4.79 Å². The van der Waals surface area contributed by atoms with Gasteiger partial charge in [0.2, 0.25) is 5.91 Å². The molecule has 0 radical (unpaired) electrons. The second-order valence-corrected chi connectivity index (χ2v) is 6.63. The number of nitrogens with two attached hydrogens (primary N) is 1. The molecule has 0 aromatic heterocycles. The van der Waals surface area contributed by atoms with Crippen molar-refractivity contribution in [3.05, 3.63) is 0 Å². The molecule has 5 nitrogen and oxygen atoms in total. The molecule has 1 heterocycles. The molecule has 0 bridgehead atoms. The van der Waals surface area contributed by atoms with E-state index >= 15 is 0 Å². The van der Waals surface area contributed by atoms with Gasteiger partial charge in [0.1, 0.15) is 0 Å². The van der Waals surface area contributed by atoms with Crippen molar-refractivity contribution in [2.24, 2.45) is 11.1 Å². The summed E-state index contributed by atoms with van der Waals surface area (Å²) in [6.07, 6.45) is 6.60. The van der Waals surface area contributed by atoms with Gasteiger partial charge in [0, 0.05) is 26.1 Å². The summed E-state index contributed by atoms with van der Waals surface area (Å²) >= 11 is 0. The van der Waals surface area contributed by atoms with E-state index in [0.29, 0.717) is 19.5 Å². The number of hydrogen-bond acceptors (Lipinski definition) is 4. The molecule has 1 saturated heterocycles. The molecule has 0 aromatic rings. The molecule has 1 saturated carbocycles. The van der Waals surface area contributed by atoms with Crippen LogP contribution < -0.4 is 11.1 Å². The Balaban J connectivity index is 1.73. The second kappa shape index (κ2) is 8.11. The molecule has 2 aliphatic rings. The fraction of sp³-hybridized carbons (Fsp3) is 0.938. The molecule has 122 valence electrons. The quantitative estimate of drug-likeness (QED) is 0.771. The SMILES string of the molecule is CCN1CCOC(CNC(=O)CC2(CN)CCCCC2)C1. The van der Waals surface area contributed by atoms with Gasteiger partial charge in [-0.05, 0) is 31.3 Å². The van der Waals surface area contributed by atoms with E-state index in [4.69, 9.17) is 10.5 Å². The highest BCUT2D eigenvalue weighted by molar-refractivity contribution is 5.76. The molecule has 0 spiro atoms. The summed E-state index contributed by atoms with van der Waals surface area (Å²) in [6.45, 7) is 7.14. The lowest BCUT2D eigenvalue weighted by Gasteiger charge is -2.36. The first kappa shape index (κ1) is 16.7. The van der Waals surface area contributed by atoms with Gasteiger partial charge >= 0.3 is 0 Å². The number of amides is 1. The number of rotatable bonds is 6. The van der Waals surface area contributed by atoms with Crippen molar-refractivity contribution >= 4 is 5.91 Å². The summed E-state index contributed by atoms with van der Waals surface area (Å²) in [5, 5.41) is 3.06. The zero-order valence-electron chi connectivity index (χ0n) is 13.4. The van der Waals surface area contributed by atoms with Crippen LogP contribution in [0.5, 0.6) is 0 Å². The number of nitrogens with zero attached hydrogens (tertiary/aromatic N) is 1. The molecule has 1 atom stereocenters. The molecule has 21 heavy (non-hydrogen) atoms. The lowest BCUT2D eigenvalue weighted by Crippen LogP contribution is -2.48. The van der Waals surface area contributed by atoms with Gasteiger partial charge in [-0.25, -0.2) is 0 Å². The molecule has 3 N–H and O–H groups in total. The summed E-state index contributed by atoms with van der Waals surface area (Å²) in [6, 6.07) is 0. The summed E-state index contributed by atoms with van der Waals surface area (Å²) in [5.41, 5.74) is 6.00. The number of carbonyl (C=O) groups excluding carboxylic acids is 1. The van der Waals surface area contributed by atoms with Gasteiger partial charge in [0.25, 0.3) is 0 Å². The van der Waals surface area contributed by atoms with E-state index in [1.54, 1.807) is 0 Å². The van der Waals surface area contributed by atoms with E-state index < -0.39 is 0 Å². The molecule has 1 amide bonds. The maximum Gasteiger partial charge on any atom is 0.220 e. The van der Waals surface area contributed by atoms with Crippen LogP contribution in [0.25, 0.3) is 0 Å². The van der Waals surface area contributed by atoms with E-state index in [1.807, 2.05) is 0 Å². The van der Waals surface area contributed by atoms with Gasteiger partial charge in [-0.15, -0.1) is 0 Å². The largest absolute Gasteiger partial charge is 0.374 e. The van der Waals surface area contributed by atoms with Crippen molar-refractivity contribution in [3.8, 4) is 0 Å². The van der Waals surface area contributed by atoms with Crippen LogP contribution in [0.15, 0.2) is 0 Å². The Hall–Kier alpha value is -0.650. The van der Waals surface area contributed by atoms with Gasteiger partial charge in [-0.3, -0.25) is 9.69 Å². The Bertz CT molecular complexity index is 329. The molecule has 2 rings (SSSR count). The Morgan fingerprint density at radius 1 is 1.38 bits per heavy atom. The Morgan fingerprint density at radius 3 is 2.81 bits per heavy atom. The number of ether oxygens (including phenoxy) is 1. The first-order chi connectivity index (χ1) is 10.2. The van der Waals surface area contributed by atoms with Crippen LogP contribution in [-0.2, 0) is 9.53 Å². The third-order valence-corrected chi connectivity index (χ3v) is 5.08. The molecule has 0 aromatic carbocycles. The smallest absolute Gasteiger partial charge is 0.220 e. The lowest BCUT2D eigenvalue weighted by molar-refractivity contribution is -0.125. The van der Waals surface area contributed by atoms with Crippen LogP contribution in [0.4, 0.5) is 0 Å². The van der Waals surface area contributed by atoms with Gasteiger partial charge in [0.05, 0.1) is 12.7 Å². The van der Waals surface area contributed by atoms with E-state index in [0.717, 1.165) is 39.1 Å². The van der Waals surface area contributed by atoms with Crippen molar-refractivity contribution in [1.82, 2.24) is 10.2 Å². The van der Waals surface area contributed by atoms with Crippen LogP contribution >= 0.6 is 0 Å². The topological polar surface area (TPSA) is 67.6 Å². The van der Waals surface area contributed by atoms with Crippen LogP contribution in [0.2, 0.25) is 0 Å². The third-order valence-electron chi connectivity index (χ3n) is 5.08. The summed E-state index contributed by atoms with van der Waals surface area (Å²) in [7, 11) is 0. The van der Waals surface area contributed by atoms with Gasteiger partial charge in [-0.2, -0.15) is 0 Å². The van der Waals surface area contributed by atoms with E-state index in [1.165, 1.54) is 19.3 Å². The first-order valence-electron chi connectivity index (χ1n) is 8.48. The molecule has 2 fully saturated rings. The van der Waals surface area contributed by atoms with Crippen LogP contribution in [0.1, 0.15) is 45.4 Å². The molecule has 1 aliphatic heterocycles. The van der Waals surface area contributed by atoms with Gasteiger partial charge in [0.15, 0.2) is 0 Å². The van der Waals surface area contributed by atoms with Crippen molar-refractivity contribution in [3.63, 3.8) is 0 Å². The van der Waals surface area contributed by atoms with E-state index in [-0.39, 0.29) is 17.4 Å². The summed E-state index contributed by atoms with van der Waals surface area (Å²) in [4.78, 5) is 14.6. The maximum absolute atomic E-state index is 12.2. The number of nitrogens with one attached hydrogen (secondary N) is 1. The molecule has 1 unspecified atom stereocenters. The highest BCUT2D eigenvalue weighted by Crippen LogP contribution is 2.38. The second-order valence-electron chi connectivity index (χ2n) is 6.63. The van der Waals surface area contributed by atoms with Crippen LogP contribution in [0.3, 0.4) is 0 Å². The summed E-state index contributed by atoms with van der Waals surface area (Å²) < 4.78 is 5.72. The minimum Gasteiger partial charge on any atom is -0.374 e. The van der Waals surface area contributed by atoms with Crippen molar-refractivity contribution in [2.75, 3.05) is 39.3 Å². The highest BCUT2D eigenvalue weighted by atomic mass is 16.5. The number of hydrogen-bond donors (Lipinski definition) is 2. The molecule has 5 heteroatoms. The predicted octanol–water partition coefficient (Wildman–Crippen LogP) is 1.12. The van der Waals surface area contributed by atoms with Crippen molar-refractivity contribution in [2.45, 2.75) is 51.6 Å². The van der Waals surface area contributed by atoms with Gasteiger partial charge in [-0.1, -0.05) is 26.2 Å². The monoisotopic (exact) mass is 297 g/mol.